The molecular formula is C17H20F3N5O3S. The molecule has 1 fully saturated rings. The number of aromatic nitrogens is 3. The fourth-order valence-corrected chi connectivity index (χ4v) is 4.69. The standard InChI is InChI=1S/C17H20F3N5O3S/c1-25(12-7-3-2-4-8-12)29(27,28)13-9-5-6-11(10-13)14(26)21-16-22-15(23-24-16)17(18,19)20/h5-6,9-10,12H,2-4,7-8H2,1H3,(H2,21,22,23,24,26). The molecule has 0 atom stereocenters. The maximum absolute atomic E-state index is 12.9. The number of hydrogen-bond acceptors (Lipinski definition) is 5. The monoisotopic (exact) mass is 431 g/mol. The summed E-state index contributed by atoms with van der Waals surface area (Å²) in [6, 6.07) is 5.21. The van der Waals surface area contributed by atoms with Gasteiger partial charge >= 0.3 is 6.18 Å². The number of aromatic amines is 1. The molecule has 0 unspecified atom stereocenters. The van der Waals surface area contributed by atoms with Crippen molar-refractivity contribution >= 4 is 21.9 Å². The summed E-state index contributed by atoms with van der Waals surface area (Å²) in [4.78, 5) is 15.4. The summed E-state index contributed by atoms with van der Waals surface area (Å²) in [7, 11) is -2.30. The van der Waals surface area contributed by atoms with Crippen molar-refractivity contribution in [1.82, 2.24) is 19.5 Å². The Balaban J connectivity index is 1.77. The first-order valence-corrected chi connectivity index (χ1v) is 10.4. The molecule has 1 heterocycles. The summed E-state index contributed by atoms with van der Waals surface area (Å²) in [6.07, 6.45) is -0.164. The number of H-pyrrole nitrogens is 1. The van der Waals surface area contributed by atoms with E-state index >= 15 is 0 Å². The number of halogens is 3. The summed E-state index contributed by atoms with van der Waals surface area (Å²) in [5, 5.41) is 7.10. The van der Waals surface area contributed by atoms with Crippen LogP contribution < -0.4 is 5.32 Å². The lowest BCUT2D eigenvalue weighted by atomic mass is 9.96. The maximum Gasteiger partial charge on any atom is 0.451 e. The average molecular weight is 431 g/mol. The smallest absolute Gasteiger partial charge is 0.289 e. The number of alkyl halides is 3. The predicted octanol–water partition coefficient (Wildman–Crippen LogP) is 3.03. The van der Waals surface area contributed by atoms with Crippen LogP contribution in [0.4, 0.5) is 19.1 Å². The first-order valence-electron chi connectivity index (χ1n) is 8.98. The van der Waals surface area contributed by atoms with Crippen molar-refractivity contribution in [1.29, 1.82) is 0 Å². The molecule has 0 aliphatic heterocycles. The van der Waals surface area contributed by atoms with Gasteiger partial charge in [-0.25, -0.2) is 8.42 Å². The van der Waals surface area contributed by atoms with E-state index in [1.54, 1.807) is 5.10 Å². The number of carbonyl (C=O) groups excluding carboxylic acids is 1. The van der Waals surface area contributed by atoms with Crippen molar-refractivity contribution in [2.24, 2.45) is 0 Å². The Morgan fingerprint density at radius 3 is 2.55 bits per heavy atom. The second kappa shape index (κ2) is 8.11. The first kappa shape index (κ1) is 21.2. The summed E-state index contributed by atoms with van der Waals surface area (Å²) in [5.41, 5.74) is -0.0403. The van der Waals surface area contributed by atoms with Gasteiger partial charge in [-0.2, -0.15) is 22.5 Å². The van der Waals surface area contributed by atoms with Crippen LogP contribution in [0.5, 0.6) is 0 Å². The highest BCUT2D eigenvalue weighted by atomic mass is 32.2. The van der Waals surface area contributed by atoms with Gasteiger partial charge in [0.25, 0.3) is 5.91 Å². The molecule has 1 aliphatic carbocycles. The highest BCUT2D eigenvalue weighted by Crippen LogP contribution is 2.28. The van der Waals surface area contributed by atoms with E-state index in [9.17, 15) is 26.4 Å². The van der Waals surface area contributed by atoms with Crippen LogP contribution in [0.25, 0.3) is 0 Å². The van der Waals surface area contributed by atoms with E-state index in [2.05, 4.69) is 15.4 Å². The summed E-state index contributed by atoms with van der Waals surface area (Å²) in [6.45, 7) is 0. The van der Waals surface area contributed by atoms with Gasteiger partial charge in [-0.3, -0.25) is 15.2 Å². The van der Waals surface area contributed by atoms with E-state index in [1.165, 1.54) is 35.6 Å². The molecule has 1 amide bonds. The van der Waals surface area contributed by atoms with Gasteiger partial charge in [-0.05, 0) is 31.0 Å². The molecule has 0 spiro atoms. The number of benzene rings is 1. The zero-order chi connectivity index (χ0) is 21.2. The van der Waals surface area contributed by atoms with Crippen LogP contribution in [0, 0.1) is 0 Å². The number of carbonyl (C=O) groups is 1. The Hall–Kier alpha value is -2.47. The van der Waals surface area contributed by atoms with Gasteiger partial charge < -0.3 is 0 Å². The quantitative estimate of drug-likeness (QED) is 0.757. The lowest BCUT2D eigenvalue weighted by Gasteiger charge is -2.30. The molecule has 8 nitrogen and oxygen atoms in total. The fourth-order valence-electron chi connectivity index (χ4n) is 3.22. The second-order valence-electron chi connectivity index (χ2n) is 6.80. The van der Waals surface area contributed by atoms with Crippen LogP contribution >= 0.6 is 0 Å². The molecule has 158 valence electrons. The van der Waals surface area contributed by atoms with Crippen LogP contribution in [-0.2, 0) is 16.2 Å². The topological polar surface area (TPSA) is 108 Å². The maximum atomic E-state index is 12.9. The molecule has 1 saturated carbocycles. The van der Waals surface area contributed by atoms with Crippen LogP contribution in [0.15, 0.2) is 29.2 Å². The van der Waals surface area contributed by atoms with E-state index in [-0.39, 0.29) is 16.5 Å². The molecule has 2 N–H and O–H groups in total. The average Bonchev–Trinajstić information content (AvgIpc) is 3.17. The lowest BCUT2D eigenvalue weighted by molar-refractivity contribution is -0.144. The van der Waals surface area contributed by atoms with E-state index in [1.807, 2.05) is 0 Å². The van der Waals surface area contributed by atoms with Gasteiger partial charge in [0.1, 0.15) is 0 Å². The van der Waals surface area contributed by atoms with Gasteiger partial charge in [-0.15, -0.1) is 5.10 Å². The largest absolute Gasteiger partial charge is 0.451 e. The fraction of sp³-hybridized carbons (Fsp3) is 0.471. The molecule has 0 saturated heterocycles. The van der Waals surface area contributed by atoms with Gasteiger partial charge in [0.15, 0.2) is 0 Å². The van der Waals surface area contributed by atoms with Gasteiger partial charge in [0.05, 0.1) is 4.90 Å². The molecule has 29 heavy (non-hydrogen) atoms. The van der Waals surface area contributed by atoms with E-state index in [4.69, 9.17) is 0 Å². The summed E-state index contributed by atoms with van der Waals surface area (Å²) in [5.74, 6) is -2.73. The molecule has 1 aromatic carbocycles. The van der Waals surface area contributed by atoms with Gasteiger partial charge in [-0.1, -0.05) is 25.3 Å². The van der Waals surface area contributed by atoms with Crippen molar-refractivity contribution in [3.8, 4) is 0 Å². The third kappa shape index (κ3) is 4.75. The lowest BCUT2D eigenvalue weighted by Crippen LogP contribution is -2.38. The van der Waals surface area contributed by atoms with Crippen molar-refractivity contribution in [2.75, 3.05) is 12.4 Å². The minimum Gasteiger partial charge on any atom is -0.289 e. The highest BCUT2D eigenvalue weighted by Gasteiger charge is 2.35. The zero-order valence-electron chi connectivity index (χ0n) is 15.5. The van der Waals surface area contributed by atoms with E-state index in [0.717, 1.165) is 32.1 Å². The number of anilines is 1. The van der Waals surface area contributed by atoms with Crippen molar-refractivity contribution in [2.45, 2.75) is 49.2 Å². The number of sulfonamides is 1. The zero-order valence-corrected chi connectivity index (χ0v) is 16.3. The second-order valence-corrected chi connectivity index (χ2v) is 8.80. The molecule has 1 aliphatic rings. The number of rotatable bonds is 5. The minimum absolute atomic E-state index is 0.0403. The Bertz CT molecular complexity index is 984. The Morgan fingerprint density at radius 1 is 1.24 bits per heavy atom. The van der Waals surface area contributed by atoms with Crippen molar-refractivity contribution < 1.29 is 26.4 Å². The van der Waals surface area contributed by atoms with Crippen LogP contribution in [0.3, 0.4) is 0 Å². The Kier molecular flexibility index (Phi) is 5.94. The Morgan fingerprint density at radius 2 is 1.93 bits per heavy atom. The van der Waals surface area contributed by atoms with E-state index in [0.29, 0.717) is 0 Å². The molecular weight excluding hydrogens is 411 g/mol. The van der Waals surface area contributed by atoms with E-state index < -0.39 is 33.9 Å². The number of nitrogens with zero attached hydrogens (tertiary/aromatic N) is 3. The van der Waals surface area contributed by atoms with Crippen molar-refractivity contribution in [3.63, 3.8) is 0 Å². The number of amides is 1. The van der Waals surface area contributed by atoms with Gasteiger partial charge in [0.2, 0.25) is 21.8 Å². The predicted molar refractivity (Wildman–Crippen MR) is 97.6 cm³/mol. The molecule has 0 bridgehead atoms. The molecule has 12 heteroatoms. The molecule has 3 rings (SSSR count). The summed E-state index contributed by atoms with van der Waals surface area (Å²) < 4.78 is 64.8. The third-order valence-corrected chi connectivity index (χ3v) is 6.75. The highest BCUT2D eigenvalue weighted by molar-refractivity contribution is 7.89. The number of hydrogen-bond donors (Lipinski definition) is 2. The molecule has 0 radical (unpaired) electrons. The van der Waals surface area contributed by atoms with Crippen molar-refractivity contribution in [3.05, 3.63) is 35.7 Å². The summed E-state index contributed by atoms with van der Waals surface area (Å²) >= 11 is 0. The van der Waals surface area contributed by atoms with Gasteiger partial charge in [0, 0.05) is 18.7 Å². The van der Waals surface area contributed by atoms with Crippen LogP contribution in [0.2, 0.25) is 0 Å². The normalized spacial score (nSPS) is 16.2. The SMILES string of the molecule is CN(C1CCCCC1)S(=O)(=O)c1cccc(C(=O)Nc2n[nH]c(C(F)(F)F)n2)c1. The first-order chi connectivity index (χ1) is 13.6. The van der Waals surface area contributed by atoms with Crippen LogP contribution in [0.1, 0.15) is 48.3 Å². The Labute approximate surface area is 165 Å². The molecule has 1 aromatic heterocycles. The van der Waals surface area contributed by atoms with Crippen LogP contribution in [-0.4, -0.2) is 46.9 Å². The third-order valence-electron chi connectivity index (χ3n) is 4.84. The molecule has 2 aromatic rings. The minimum atomic E-state index is -4.73. The number of nitrogens with one attached hydrogen (secondary N) is 2.